The van der Waals surface area contributed by atoms with Gasteiger partial charge in [0.1, 0.15) is 6.67 Å². The molecule has 1 aromatic rings. The van der Waals surface area contributed by atoms with Crippen molar-refractivity contribution in [3.8, 4) is 5.88 Å². The van der Waals surface area contributed by atoms with Gasteiger partial charge in [0, 0.05) is 9.77 Å². The van der Waals surface area contributed by atoms with Crippen molar-refractivity contribution in [1.29, 1.82) is 0 Å². The molecular weight excluding hydrogens is 385 g/mol. The number of hydrogen-bond acceptors (Lipinski definition) is 4. The van der Waals surface area contributed by atoms with Crippen molar-refractivity contribution in [2.45, 2.75) is 19.5 Å². The number of hydrogen-bond donors (Lipinski definition) is 0. The first-order chi connectivity index (χ1) is 8.78. The first kappa shape index (κ1) is 15.9. The van der Waals surface area contributed by atoms with Crippen molar-refractivity contribution in [1.82, 2.24) is 4.98 Å². The maximum atomic E-state index is 12.9. The molecule has 0 radical (unpaired) electrons. The summed E-state index contributed by atoms with van der Waals surface area (Å²) in [6, 6.07) is 0. The van der Waals surface area contributed by atoms with Crippen molar-refractivity contribution in [3.63, 3.8) is 0 Å². The molecular formula is C10H8F4INO3. The molecule has 0 aliphatic rings. The van der Waals surface area contributed by atoms with Gasteiger partial charge in [0.2, 0.25) is 5.88 Å². The van der Waals surface area contributed by atoms with Gasteiger partial charge in [-0.3, -0.25) is 4.79 Å². The zero-order valence-corrected chi connectivity index (χ0v) is 11.7. The van der Waals surface area contributed by atoms with Crippen LogP contribution >= 0.6 is 22.6 Å². The first-order valence-electron chi connectivity index (χ1n) is 4.83. The predicted octanol–water partition coefficient (Wildman–Crippen LogP) is 2.77. The average molecular weight is 393 g/mol. The predicted molar refractivity (Wildman–Crippen MR) is 64.2 cm³/mol. The molecule has 106 valence electrons. The highest BCUT2D eigenvalue weighted by Gasteiger charge is 2.33. The van der Waals surface area contributed by atoms with Crippen LogP contribution in [0, 0.1) is 3.57 Å². The minimum Gasteiger partial charge on any atom is -0.469 e. The second-order valence-corrected chi connectivity index (χ2v) is 4.46. The minimum atomic E-state index is -4.98. The Morgan fingerprint density at radius 3 is 2.53 bits per heavy atom. The molecule has 0 atom stereocenters. The molecule has 0 saturated carbocycles. The highest BCUT2D eigenvalue weighted by molar-refractivity contribution is 14.1. The summed E-state index contributed by atoms with van der Waals surface area (Å²) in [5, 5.41) is 0. The Labute approximate surface area is 119 Å². The van der Waals surface area contributed by atoms with Crippen LogP contribution in [0.4, 0.5) is 17.6 Å². The van der Waals surface area contributed by atoms with Gasteiger partial charge >= 0.3 is 12.3 Å². The minimum absolute atomic E-state index is 0.0733. The molecule has 0 bridgehead atoms. The maximum absolute atomic E-state index is 12.9. The van der Waals surface area contributed by atoms with Gasteiger partial charge in [0.05, 0.1) is 19.1 Å². The Bertz CT molecular complexity index is 479. The molecule has 1 heterocycles. The summed E-state index contributed by atoms with van der Waals surface area (Å²) in [5.41, 5.74) is -0.334. The molecule has 1 aromatic heterocycles. The summed E-state index contributed by atoms with van der Waals surface area (Å²) in [7, 11) is 1.12. The van der Waals surface area contributed by atoms with Crippen LogP contribution in [0.1, 0.15) is 11.1 Å². The summed E-state index contributed by atoms with van der Waals surface area (Å²) >= 11 is 1.74. The lowest BCUT2D eigenvalue weighted by molar-refractivity contribution is -0.276. The number of rotatable bonds is 4. The standard InChI is InChI=1S/C10H8F4INO3/c1-18-8(17)2-5-6(3-11)9(16-4-7(5)15)19-10(12,13)14/h4H,2-3H2,1H3. The van der Waals surface area contributed by atoms with Crippen LogP contribution in [0.2, 0.25) is 0 Å². The molecule has 0 aliphatic heterocycles. The van der Waals surface area contributed by atoms with E-state index in [2.05, 4.69) is 14.5 Å². The number of halogens is 5. The normalized spacial score (nSPS) is 11.3. The quantitative estimate of drug-likeness (QED) is 0.449. The monoisotopic (exact) mass is 393 g/mol. The number of pyridine rings is 1. The number of ether oxygens (including phenoxy) is 2. The number of alkyl halides is 4. The van der Waals surface area contributed by atoms with Gasteiger partial charge in [-0.1, -0.05) is 0 Å². The van der Waals surface area contributed by atoms with Gasteiger partial charge < -0.3 is 9.47 Å². The van der Waals surface area contributed by atoms with E-state index in [9.17, 15) is 22.4 Å². The van der Waals surface area contributed by atoms with Crippen LogP contribution < -0.4 is 4.74 Å². The molecule has 0 amide bonds. The maximum Gasteiger partial charge on any atom is 0.574 e. The number of nitrogens with zero attached hydrogens (tertiary/aromatic N) is 1. The summed E-state index contributed by atoms with van der Waals surface area (Å²) in [4.78, 5) is 14.6. The Kier molecular flexibility index (Phi) is 5.32. The van der Waals surface area contributed by atoms with Gasteiger partial charge in [0.25, 0.3) is 0 Å². The fourth-order valence-corrected chi connectivity index (χ4v) is 1.94. The highest BCUT2D eigenvalue weighted by Crippen LogP contribution is 2.30. The van der Waals surface area contributed by atoms with E-state index in [0.29, 0.717) is 3.57 Å². The zero-order valence-electron chi connectivity index (χ0n) is 9.55. The Morgan fingerprint density at radius 1 is 1.42 bits per heavy atom. The summed E-state index contributed by atoms with van der Waals surface area (Å²) in [6.07, 6.45) is -4.27. The number of carbonyl (C=O) groups excluding carboxylic acids is 1. The fourth-order valence-electron chi connectivity index (χ4n) is 1.29. The summed E-state index contributed by atoms with van der Waals surface area (Å²) in [6.45, 7) is -1.23. The van der Waals surface area contributed by atoms with E-state index in [1.165, 1.54) is 0 Å². The van der Waals surface area contributed by atoms with Crippen LogP contribution in [0.5, 0.6) is 5.88 Å². The van der Waals surface area contributed by atoms with Crippen molar-refractivity contribution < 1.29 is 31.8 Å². The van der Waals surface area contributed by atoms with E-state index in [0.717, 1.165) is 13.3 Å². The molecule has 0 aliphatic carbocycles. The molecule has 4 nitrogen and oxygen atoms in total. The van der Waals surface area contributed by atoms with E-state index in [1.54, 1.807) is 22.6 Å². The fraction of sp³-hybridized carbons (Fsp3) is 0.400. The second kappa shape index (κ2) is 6.35. The van der Waals surface area contributed by atoms with E-state index in [1.807, 2.05) is 0 Å². The number of methoxy groups -OCH3 is 1. The van der Waals surface area contributed by atoms with Gasteiger partial charge in [-0.25, -0.2) is 9.37 Å². The molecule has 0 saturated heterocycles. The molecule has 0 fully saturated rings. The van der Waals surface area contributed by atoms with E-state index >= 15 is 0 Å². The van der Waals surface area contributed by atoms with Crippen molar-refractivity contribution >= 4 is 28.6 Å². The molecule has 0 aromatic carbocycles. The van der Waals surface area contributed by atoms with Crippen molar-refractivity contribution in [3.05, 3.63) is 20.9 Å². The zero-order chi connectivity index (χ0) is 14.6. The SMILES string of the molecule is COC(=O)Cc1c(I)cnc(OC(F)(F)F)c1CF. The summed E-state index contributed by atoms with van der Waals surface area (Å²) < 4.78 is 57.7. The molecule has 19 heavy (non-hydrogen) atoms. The Balaban J connectivity index is 3.21. The Hall–Kier alpha value is -1.13. The topological polar surface area (TPSA) is 48.4 Å². The molecule has 0 spiro atoms. The van der Waals surface area contributed by atoms with Gasteiger partial charge in [-0.2, -0.15) is 0 Å². The van der Waals surface area contributed by atoms with Crippen LogP contribution in [0.25, 0.3) is 0 Å². The van der Waals surface area contributed by atoms with E-state index in [-0.39, 0.29) is 12.0 Å². The van der Waals surface area contributed by atoms with Crippen molar-refractivity contribution in [2.24, 2.45) is 0 Å². The third kappa shape index (κ3) is 4.48. The lowest BCUT2D eigenvalue weighted by Crippen LogP contribution is -2.20. The smallest absolute Gasteiger partial charge is 0.469 e. The molecule has 1 rings (SSSR count). The second-order valence-electron chi connectivity index (χ2n) is 3.30. The van der Waals surface area contributed by atoms with E-state index in [4.69, 9.17) is 0 Å². The van der Waals surface area contributed by atoms with Crippen LogP contribution in [0.3, 0.4) is 0 Å². The van der Waals surface area contributed by atoms with Gasteiger partial charge in [-0.05, 0) is 28.2 Å². The third-order valence-corrected chi connectivity index (χ3v) is 3.03. The highest BCUT2D eigenvalue weighted by atomic mass is 127. The lowest BCUT2D eigenvalue weighted by atomic mass is 10.1. The first-order valence-corrected chi connectivity index (χ1v) is 5.91. The van der Waals surface area contributed by atoms with Gasteiger partial charge in [-0.15, -0.1) is 13.2 Å². The summed E-state index contributed by atoms with van der Waals surface area (Å²) in [5.74, 6) is -1.59. The Morgan fingerprint density at radius 2 is 2.05 bits per heavy atom. The third-order valence-electron chi connectivity index (χ3n) is 2.10. The molecule has 9 heteroatoms. The number of carbonyl (C=O) groups is 1. The van der Waals surface area contributed by atoms with Gasteiger partial charge in [0.15, 0.2) is 0 Å². The average Bonchev–Trinajstić information content (AvgIpc) is 2.31. The lowest BCUT2D eigenvalue weighted by Gasteiger charge is -2.14. The van der Waals surface area contributed by atoms with Crippen molar-refractivity contribution in [2.75, 3.05) is 7.11 Å². The van der Waals surface area contributed by atoms with Crippen LogP contribution in [-0.4, -0.2) is 24.4 Å². The van der Waals surface area contributed by atoms with Crippen LogP contribution in [0.15, 0.2) is 6.20 Å². The number of esters is 1. The molecule has 0 N–H and O–H groups in total. The van der Waals surface area contributed by atoms with E-state index < -0.39 is 30.4 Å². The number of aromatic nitrogens is 1. The largest absolute Gasteiger partial charge is 0.574 e. The molecule has 0 unspecified atom stereocenters. The van der Waals surface area contributed by atoms with Crippen LogP contribution in [-0.2, 0) is 22.6 Å².